The van der Waals surface area contributed by atoms with Crippen molar-refractivity contribution < 1.29 is 9.59 Å². The summed E-state index contributed by atoms with van der Waals surface area (Å²) in [5.74, 6) is 0.229. The van der Waals surface area contributed by atoms with Crippen molar-refractivity contribution in [2.75, 3.05) is 31.1 Å². The van der Waals surface area contributed by atoms with Crippen molar-refractivity contribution in [1.29, 1.82) is 0 Å². The van der Waals surface area contributed by atoms with E-state index in [1.54, 1.807) is 21.9 Å². The first-order valence-electron chi connectivity index (χ1n) is 7.63. The topological polar surface area (TPSA) is 52.7 Å². The molecule has 6 heteroatoms. The van der Waals surface area contributed by atoms with Gasteiger partial charge in [-0.15, -0.1) is 0 Å². The van der Waals surface area contributed by atoms with Crippen LogP contribution in [-0.2, 0) is 4.79 Å². The molecule has 1 atom stereocenters. The summed E-state index contributed by atoms with van der Waals surface area (Å²) in [7, 11) is 0. The molecular formula is C16H22ClN3O2. The summed E-state index contributed by atoms with van der Waals surface area (Å²) in [6.07, 6.45) is 0.459. The standard InChI is InChI=1S/C16H22ClN3O2/c1-3-19(4-2)16(22)18-10-12-9-15(21)20(11-12)14-7-5-13(17)6-8-14/h5-8,12H,3-4,9-11H2,1-2H3,(H,18,22). The average molecular weight is 324 g/mol. The highest BCUT2D eigenvalue weighted by Gasteiger charge is 2.30. The van der Waals surface area contributed by atoms with Gasteiger partial charge in [0.15, 0.2) is 0 Å². The Bertz CT molecular complexity index is 529. The minimum atomic E-state index is -0.0672. The maximum atomic E-state index is 12.1. The molecule has 1 aromatic rings. The van der Waals surface area contributed by atoms with Crippen molar-refractivity contribution in [1.82, 2.24) is 10.2 Å². The fourth-order valence-electron chi connectivity index (χ4n) is 2.64. The van der Waals surface area contributed by atoms with E-state index in [1.807, 2.05) is 26.0 Å². The summed E-state index contributed by atoms with van der Waals surface area (Å²) in [6, 6.07) is 7.18. The fraction of sp³-hybridized carbons (Fsp3) is 0.500. The predicted octanol–water partition coefficient (Wildman–Crippen LogP) is 2.74. The predicted molar refractivity (Wildman–Crippen MR) is 88.2 cm³/mol. The fourth-order valence-corrected chi connectivity index (χ4v) is 2.77. The van der Waals surface area contributed by atoms with Crippen molar-refractivity contribution in [3.8, 4) is 0 Å². The van der Waals surface area contributed by atoms with Crippen LogP contribution in [0.4, 0.5) is 10.5 Å². The molecule has 0 saturated carbocycles. The Morgan fingerprint density at radius 3 is 2.55 bits per heavy atom. The second kappa shape index (κ2) is 7.49. The maximum Gasteiger partial charge on any atom is 0.317 e. The van der Waals surface area contributed by atoms with Crippen molar-refractivity contribution >= 4 is 29.2 Å². The molecule has 1 aromatic carbocycles. The van der Waals surface area contributed by atoms with Crippen LogP contribution >= 0.6 is 11.6 Å². The van der Waals surface area contributed by atoms with E-state index in [2.05, 4.69) is 5.32 Å². The molecule has 1 N–H and O–H groups in total. The molecule has 1 aliphatic heterocycles. The van der Waals surface area contributed by atoms with Crippen LogP contribution in [0.5, 0.6) is 0 Å². The molecule has 3 amide bonds. The molecule has 1 saturated heterocycles. The molecule has 5 nitrogen and oxygen atoms in total. The number of hydrogen-bond acceptors (Lipinski definition) is 2. The van der Waals surface area contributed by atoms with Crippen LogP contribution < -0.4 is 10.2 Å². The lowest BCUT2D eigenvalue weighted by atomic mass is 10.1. The van der Waals surface area contributed by atoms with E-state index < -0.39 is 0 Å². The van der Waals surface area contributed by atoms with Crippen LogP contribution in [0.2, 0.25) is 5.02 Å². The number of anilines is 1. The van der Waals surface area contributed by atoms with Gasteiger partial charge in [0.25, 0.3) is 0 Å². The molecule has 1 aliphatic rings. The first kappa shape index (κ1) is 16.6. The van der Waals surface area contributed by atoms with Crippen LogP contribution in [0.3, 0.4) is 0 Å². The molecule has 1 heterocycles. The number of halogens is 1. The molecule has 0 aromatic heterocycles. The van der Waals surface area contributed by atoms with Crippen molar-refractivity contribution in [2.45, 2.75) is 20.3 Å². The zero-order valence-corrected chi connectivity index (χ0v) is 13.8. The summed E-state index contributed by atoms with van der Waals surface area (Å²) in [5, 5.41) is 3.57. The summed E-state index contributed by atoms with van der Waals surface area (Å²) in [4.78, 5) is 27.5. The highest BCUT2D eigenvalue weighted by Crippen LogP contribution is 2.25. The van der Waals surface area contributed by atoms with Crippen LogP contribution in [0, 0.1) is 5.92 Å². The molecule has 0 radical (unpaired) electrons. The quantitative estimate of drug-likeness (QED) is 0.906. The lowest BCUT2D eigenvalue weighted by Crippen LogP contribution is -2.42. The lowest BCUT2D eigenvalue weighted by Gasteiger charge is -2.21. The summed E-state index contributed by atoms with van der Waals surface area (Å²) in [5.41, 5.74) is 0.854. The first-order valence-corrected chi connectivity index (χ1v) is 8.01. The molecule has 1 fully saturated rings. The molecule has 0 aliphatic carbocycles. The van der Waals surface area contributed by atoms with Gasteiger partial charge < -0.3 is 15.1 Å². The third-order valence-electron chi connectivity index (χ3n) is 3.94. The Balaban J connectivity index is 1.90. The third kappa shape index (κ3) is 3.91. The van der Waals surface area contributed by atoms with Crippen LogP contribution in [-0.4, -0.2) is 43.0 Å². The number of carbonyl (C=O) groups excluding carboxylic acids is 2. The smallest absolute Gasteiger partial charge is 0.317 e. The average Bonchev–Trinajstić information content (AvgIpc) is 2.88. The monoisotopic (exact) mass is 323 g/mol. The van der Waals surface area contributed by atoms with Gasteiger partial charge in [-0.2, -0.15) is 0 Å². The Morgan fingerprint density at radius 2 is 1.95 bits per heavy atom. The first-order chi connectivity index (χ1) is 10.5. The molecule has 1 unspecified atom stereocenters. The van der Waals surface area contributed by atoms with Gasteiger partial charge in [0.2, 0.25) is 5.91 Å². The van der Waals surface area contributed by atoms with Gasteiger partial charge in [0.05, 0.1) is 0 Å². The van der Waals surface area contributed by atoms with Gasteiger partial charge in [0, 0.05) is 49.2 Å². The number of carbonyl (C=O) groups is 2. The highest BCUT2D eigenvalue weighted by atomic mass is 35.5. The van der Waals surface area contributed by atoms with E-state index >= 15 is 0 Å². The molecule has 22 heavy (non-hydrogen) atoms. The van der Waals surface area contributed by atoms with E-state index in [9.17, 15) is 9.59 Å². The second-order valence-corrected chi connectivity index (χ2v) is 5.85. The lowest BCUT2D eigenvalue weighted by molar-refractivity contribution is -0.117. The van der Waals surface area contributed by atoms with Crippen LogP contribution in [0.15, 0.2) is 24.3 Å². The van der Waals surface area contributed by atoms with Crippen molar-refractivity contribution in [2.24, 2.45) is 5.92 Å². The Kier molecular flexibility index (Phi) is 5.66. The van der Waals surface area contributed by atoms with Gasteiger partial charge >= 0.3 is 6.03 Å². The molecular weight excluding hydrogens is 302 g/mol. The van der Waals surface area contributed by atoms with Crippen LogP contribution in [0.25, 0.3) is 0 Å². The number of amides is 3. The van der Waals surface area contributed by atoms with E-state index in [0.29, 0.717) is 37.6 Å². The zero-order chi connectivity index (χ0) is 16.1. The number of rotatable bonds is 5. The maximum absolute atomic E-state index is 12.1. The van der Waals surface area contributed by atoms with Gasteiger partial charge in [-0.05, 0) is 38.1 Å². The van der Waals surface area contributed by atoms with Gasteiger partial charge in [0.1, 0.15) is 0 Å². The van der Waals surface area contributed by atoms with E-state index in [1.165, 1.54) is 0 Å². The largest absolute Gasteiger partial charge is 0.338 e. The molecule has 2 rings (SSSR count). The Hall–Kier alpha value is -1.75. The number of benzene rings is 1. The van der Waals surface area contributed by atoms with E-state index in [0.717, 1.165) is 5.69 Å². The zero-order valence-electron chi connectivity index (χ0n) is 13.0. The van der Waals surface area contributed by atoms with Crippen molar-refractivity contribution in [3.63, 3.8) is 0 Å². The minimum absolute atomic E-state index is 0.0672. The second-order valence-electron chi connectivity index (χ2n) is 5.41. The summed E-state index contributed by atoms with van der Waals surface area (Å²) in [6.45, 7) is 6.41. The number of nitrogens with zero attached hydrogens (tertiary/aromatic N) is 2. The SMILES string of the molecule is CCN(CC)C(=O)NCC1CC(=O)N(c2ccc(Cl)cc2)C1. The van der Waals surface area contributed by atoms with Crippen molar-refractivity contribution in [3.05, 3.63) is 29.3 Å². The molecule has 0 bridgehead atoms. The Morgan fingerprint density at radius 1 is 1.32 bits per heavy atom. The molecule has 0 spiro atoms. The Labute approximate surface area is 136 Å². The van der Waals surface area contributed by atoms with Gasteiger partial charge in [-0.1, -0.05) is 11.6 Å². The van der Waals surface area contributed by atoms with Crippen LogP contribution in [0.1, 0.15) is 20.3 Å². The normalized spacial score (nSPS) is 17.7. The van der Waals surface area contributed by atoms with E-state index in [4.69, 9.17) is 11.6 Å². The van der Waals surface area contributed by atoms with E-state index in [-0.39, 0.29) is 17.9 Å². The highest BCUT2D eigenvalue weighted by molar-refractivity contribution is 6.30. The molecule has 120 valence electrons. The van der Waals surface area contributed by atoms with Gasteiger partial charge in [-0.3, -0.25) is 4.79 Å². The van der Waals surface area contributed by atoms with Gasteiger partial charge in [-0.25, -0.2) is 4.79 Å². The summed E-state index contributed by atoms with van der Waals surface area (Å²) >= 11 is 5.87. The number of hydrogen-bond donors (Lipinski definition) is 1. The number of urea groups is 1. The minimum Gasteiger partial charge on any atom is -0.338 e. The number of nitrogens with one attached hydrogen (secondary N) is 1. The third-order valence-corrected chi connectivity index (χ3v) is 4.19. The summed E-state index contributed by atoms with van der Waals surface area (Å²) < 4.78 is 0.